The Morgan fingerprint density at radius 3 is 2.52 bits per heavy atom. The Morgan fingerprint density at radius 2 is 1.89 bits per heavy atom. The van der Waals surface area contributed by atoms with Gasteiger partial charge in [0.1, 0.15) is 17.5 Å². The molecule has 54 heavy (non-hydrogen) atoms. The zero-order valence-corrected chi connectivity index (χ0v) is 32.5. The van der Waals surface area contributed by atoms with Gasteiger partial charge in [0, 0.05) is 36.8 Å². The lowest BCUT2D eigenvalue weighted by Gasteiger charge is -2.29. The number of rotatable bonds is 18. The molecule has 2 aliphatic carbocycles. The molecule has 5 atom stereocenters. The quantitative estimate of drug-likeness (QED) is 0.123. The normalized spacial score (nSPS) is 23.1. The molecule has 14 heteroatoms. The molecule has 2 heterocycles. The van der Waals surface area contributed by atoms with Crippen molar-refractivity contribution in [1.82, 2.24) is 14.6 Å². The number of pyridine rings is 1. The number of Topliss-reactive ketones (excluding diaryl/α,β-unsaturated/α-hetero) is 1. The van der Waals surface area contributed by atoms with Crippen molar-refractivity contribution in [3.63, 3.8) is 0 Å². The molecular formula is C40H51N3O10S. The second-order valence-corrected chi connectivity index (χ2v) is 17.5. The molecule has 2 saturated carbocycles. The largest absolute Gasteiger partial charge is 0.497 e. The minimum Gasteiger partial charge on any atom is -0.497 e. The summed E-state index contributed by atoms with van der Waals surface area (Å²) in [7, 11) is -2.32. The Kier molecular flexibility index (Phi) is 12.3. The van der Waals surface area contributed by atoms with Gasteiger partial charge in [-0.1, -0.05) is 19.1 Å². The highest BCUT2D eigenvalue weighted by atomic mass is 32.2. The second-order valence-electron chi connectivity index (χ2n) is 15.5. The fourth-order valence-corrected chi connectivity index (χ4v) is 8.41. The number of carbonyl (C=O) groups excluding carboxylic acids is 5. The number of sulfonamides is 1. The van der Waals surface area contributed by atoms with Gasteiger partial charge in [-0.15, -0.1) is 6.58 Å². The van der Waals surface area contributed by atoms with Crippen LogP contribution < -0.4 is 14.2 Å². The van der Waals surface area contributed by atoms with Crippen molar-refractivity contribution in [3.8, 4) is 11.6 Å². The zero-order chi connectivity index (χ0) is 39.4. The number of esters is 1. The molecule has 2 aromatic rings. The lowest BCUT2D eigenvalue weighted by molar-refractivity contribution is -0.159. The van der Waals surface area contributed by atoms with E-state index in [0.717, 1.165) is 5.39 Å². The van der Waals surface area contributed by atoms with Crippen molar-refractivity contribution in [3.05, 3.63) is 55.3 Å². The van der Waals surface area contributed by atoms with Crippen LogP contribution in [0.15, 0.2) is 55.3 Å². The van der Waals surface area contributed by atoms with Crippen LogP contribution in [0.2, 0.25) is 0 Å². The van der Waals surface area contributed by atoms with Gasteiger partial charge in [0.05, 0.1) is 36.8 Å². The molecule has 5 rings (SSSR count). The summed E-state index contributed by atoms with van der Waals surface area (Å²) in [5.74, 6) is -3.07. The Labute approximate surface area is 316 Å². The average Bonchev–Trinajstić information content (AvgIpc) is 4.04. The minimum atomic E-state index is -3.88. The van der Waals surface area contributed by atoms with Gasteiger partial charge in [0.15, 0.2) is 11.6 Å². The van der Waals surface area contributed by atoms with Crippen molar-refractivity contribution in [1.29, 1.82) is 0 Å². The Bertz CT molecular complexity index is 1930. The van der Waals surface area contributed by atoms with Crippen molar-refractivity contribution in [2.45, 2.75) is 108 Å². The highest BCUT2D eigenvalue weighted by Crippen LogP contribution is 2.57. The highest BCUT2D eigenvalue weighted by Gasteiger charge is 2.61. The predicted octanol–water partition coefficient (Wildman–Crippen LogP) is 5.02. The van der Waals surface area contributed by atoms with Crippen molar-refractivity contribution < 1.29 is 46.6 Å². The number of nitrogens with zero attached hydrogens (tertiary/aromatic N) is 2. The predicted molar refractivity (Wildman–Crippen MR) is 201 cm³/mol. The van der Waals surface area contributed by atoms with E-state index in [2.05, 4.69) is 16.3 Å². The van der Waals surface area contributed by atoms with Crippen LogP contribution in [0.1, 0.15) is 85.5 Å². The van der Waals surface area contributed by atoms with Crippen LogP contribution in [0, 0.1) is 17.3 Å². The van der Waals surface area contributed by atoms with E-state index in [1.807, 2.05) is 13.0 Å². The third-order valence-corrected chi connectivity index (χ3v) is 12.0. The summed E-state index contributed by atoms with van der Waals surface area (Å²) in [5, 5.41) is 0.855. The van der Waals surface area contributed by atoms with Gasteiger partial charge in [-0.3, -0.25) is 28.7 Å². The number of likely N-dealkylation sites (tertiary alicyclic amines) is 1. The van der Waals surface area contributed by atoms with E-state index in [0.29, 0.717) is 30.4 Å². The monoisotopic (exact) mass is 765 g/mol. The number of benzene rings is 1. The van der Waals surface area contributed by atoms with Crippen molar-refractivity contribution in [2.75, 3.05) is 13.7 Å². The van der Waals surface area contributed by atoms with Gasteiger partial charge < -0.3 is 19.1 Å². The molecule has 13 nitrogen and oxygen atoms in total. The van der Waals surface area contributed by atoms with Gasteiger partial charge >= 0.3 is 5.97 Å². The van der Waals surface area contributed by atoms with Crippen LogP contribution in [0.25, 0.3) is 10.8 Å². The number of carbonyl (C=O) groups is 5. The van der Waals surface area contributed by atoms with Gasteiger partial charge in [0.25, 0.3) is 0 Å². The molecule has 1 aromatic heterocycles. The smallest absolute Gasteiger partial charge is 0.307 e. The summed E-state index contributed by atoms with van der Waals surface area (Å²) >= 11 is 0. The maximum atomic E-state index is 14.6. The number of hydrogen-bond donors (Lipinski definition) is 1. The standard InChI is InChI=1S/C40H51N3O10S/c1-7-9-10-28(44)12-11-26(20-35(46)53-39(3,4)5)37(47)43-24-30(52-36-32-16-13-29(51-6)19-25(32)17-18-41-36)21-33(43)34(45)23-40(22-27(40)8-2)38(48)42-54(49,50)31-14-15-31/h8-10,13,16-19,26-27,30-31,33H,2,7,11-12,14-15,20-24H2,1,3-6H3,(H,42,48)/b10-9+/t26-,27-,30-,33+,40-/m1/s1. The van der Waals surface area contributed by atoms with E-state index in [-0.39, 0.29) is 56.7 Å². The Balaban J connectivity index is 1.44. The van der Waals surface area contributed by atoms with Crippen LogP contribution in [0.5, 0.6) is 11.6 Å². The molecule has 3 fully saturated rings. The summed E-state index contributed by atoms with van der Waals surface area (Å²) in [4.78, 5) is 74.1. The number of ketones is 2. The molecule has 0 bridgehead atoms. The molecule has 0 unspecified atom stereocenters. The van der Waals surface area contributed by atoms with E-state index in [1.165, 1.54) is 11.0 Å². The van der Waals surface area contributed by atoms with E-state index < -0.39 is 73.8 Å². The Hall–Kier alpha value is -4.59. The van der Waals surface area contributed by atoms with Crippen molar-refractivity contribution in [2.24, 2.45) is 17.3 Å². The Morgan fingerprint density at radius 1 is 1.15 bits per heavy atom. The van der Waals surface area contributed by atoms with Crippen LogP contribution in [-0.4, -0.2) is 84.3 Å². The summed E-state index contributed by atoms with van der Waals surface area (Å²) < 4.78 is 45.0. The molecule has 0 spiro atoms. The summed E-state index contributed by atoms with van der Waals surface area (Å²) in [6.45, 7) is 10.8. The average molecular weight is 766 g/mol. The number of amides is 2. The fraction of sp³-hybridized carbons (Fsp3) is 0.550. The van der Waals surface area contributed by atoms with Crippen LogP contribution in [-0.2, 0) is 38.7 Å². The van der Waals surface area contributed by atoms with E-state index in [4.69, 9.17) is 14.2 Å². The SMILES string of the molecule is C=C[C@@H]1C[C@]1(CC(=O)[C@@H]1C[C@@H](Oc2nccc3cc(OC)ccc23)CN1C(=O)[C@H](CCC(=O)/C=C/CC)CC(=O)OC(C)(C)C)C(=O)NS(=O)(=O)C1CC1. The fourth-order valence-electron chi connectivity index (χ4n) is 7.03. The van der Waals surface area contributed by atoms with Gasteiger partial charge in [-0.05, 0) is 94.5 Å². The van der Waals surface area contributed by atoms with Gasteiger partial charge in [-0.25, -0.2) is 13.4 Å². The van der Waals surface area contributed by atoms with Gasteiger partial charge in [-0.2, -0.15) is 0 Å². The first kappa shape index (κ1) is 40.6. The maximum Gasteiger partial charge on any atom is 0.307 e. The highest BCUT2D eigenvalue weighted by molar-refractivity contribution is 7.90. The lowest BCUT2D eigenvalue weighted by Crippen LogP contribution is -2.46. The molecule has 2 amide bonds. The first-order chi connectivity index (χ1) is 25.5. The molecule has 1 aliphatic heterocycles. The van der Waals surface area contributed by atoms with Gasteiger partial charge in [0.2, 0.25) is 27.7 Å². The zero-order valence-electron chi connectivity index (χ0n) is 31.7. The van der Waals surface area contributed by atoms with Crippen LogP contribution in [0.4, 0.5) is 0 Å². The molecular weight excluding hydrogens is 715 g/mol. The van der Waals surface area contributed by atoms with E-state index in [9.17, 15) is 32.4 Å². The third-order valence-electron chi connectivity index (χ3n) is 10.2. The number of methoxy groups -OCH3 is 1. The first-order valence-corrected chi connectivity index (χ1v) is 20.1. The molecule has 1 saturated heterocycles. The lowest BCUT2D eigenvalue weighted by atomic mass is 9.90. The summed E-state index contributed by atoms with van der Waals surface area (Å²) in [5.41, 5.74) is -2.16. The maximum absolute atomic E-state index is 14.6. The molecule has 1 N–H and O–H groups in total. The third kappa shape index (κ3) is 9.74. The number of fused-ring (bicyclic) bond motifs is 1. The number of hydrogen-bond acceptors (Lipinski definition) is 11. The van der Waals surface area contributed by atoms with Crippen LogP contribution in [0.3, 0.4) is 0 Å². The van der Waals surface area contributed by atoms with E-state index in [1.54, 1.807) is 64.4 Å². The molecule has 3 aliphatic rings. The second kappa shape index (κ2) is 16.4. The number of ether oxygens (including phenoxy) is 3. The minimum absolute atomic E-state index is 0.00869. The van der Waals surface area contributed by atoms with Crippen molar-refractivity contribution >= 4 is 50.1 Å². The molecule has 1 aromatic carbocycles. The summed E-state index contributed by atoms with van der Waals surface area (Å²) in [6.07, 6.45) is 6.81. The molecule has 292 valence electrons. The number of aromatic nitrogens is 1. The first-order valence-electron chi connectivity index (χ1n) is 18.5. The topological polar surface area (TPSA) is 175 Å². The number of nitrogens with one attached hydrogen (secondary N) is 1. The molecule has 0 radical (unpaired) electrons. The van der Waals surface area contributed by atoms with E-state index >= 15 is 0 Å². The number of allylic oxidation sites excluding steroid dienone is 3. The summed E-state index contributed by atoms with van der Waals surface area (Å²) in [6, 6.07) is 6.13. The van der Waals surface area contributed by atoms with Crippen LogP contribution >= 0.6 is 0 Å².